The van der Waals surface area contributed by atoms with E-state index in [9.17, 15) is 0 Å². The Morgan fingerprint density at radius 2 is 1.15 bits per heavy atom. The lowest BCUT2D eigenvalue weighted by Crippen LogP contribution is -2.18. The van der Waals surface area contributed by atoms with Crippen LogP contribution in [0.3, 0.4) is 0 Å². The molecule has 4 atom stereocenters. The summed E-state index contributed by atoms with van der Waals surface area (Å²) in [6.45, 7) is 0. The molecule has 0 amide bonds. The van der Waals surface area contributed by atoms with Crippen molar-refractivity contribution in [1.29, 1.82) is 0 Å². The summed E-state index contributed by atoms with van der Waals surface area (Å²) in [6.07, 6.45) is 16.0. The molecule has 3 heteroatoms. The number of furan rings is 2. The molecule has 9 aromatic rings. The smallest absolute Gasteiger partial charge is 0.143 e. The highest BCUT2D eigenvalue weighted by Crippen LogP contribution is 2.56. The van der Waals surface area contributed by atoms with Crippen LogP contribution in [0.25, 0.3) is 77.4 Å². The third kappa shape index (κ3) is 4.00. The molecule has 0 saturated heterocycles. The third-order valence-electron chi connectivity index (χ3n) is 12.6. The van der Waals surface area contributed by atoms with Crippen molar-refractivity contribution < 1.29 is 13.6 Å². The van der Waals surface area contributed by atoms with Crippen LogP contribution in [0, 0.1) is 0 Å². The van der Waals surface area contributed by atoms with Gasteiger partial charge in [0, 0.05) is 61.6 Å². The van der Waals surface area contributed by atoms with E-state index in [0.717, 1.165) is 60.8 Å². The number of benzene rings is 7. The van der Waals surface area contributed by atoms with Crippen LogP contribution in [-0.2, 0) is 0 Å². The minimum absolute atomic E-state index is 0.0123. The van der Waals surface area contributed by atoms with Crippen molar-refractivity contribution in [3.8, 4) is 16.9 Å². The molecule has 1 aliphatic heterocycles. The summed E-state index contributed by atoms with van der Waals surface area (Å²) in [5.74, 6) is 1.23. The van der Waals surface area contributed by atoms with E-state index >= 15 is 0 Å². The predicted octanol–water partition coefficient (Wildman–Crippen LogP) is 13.6. The second kappa shape index (κ2) is 10.9. The van der Waals surface area contributed by atoms with Crippen molar-refractivity contribution in [3.05, 3.63) is 197 Å². The quantitative estimate of drug-likeness (QED) is 0.184. The monoisotopic (exact) mass is 704 g/mol. The maximum atomic E-state index is 6.85. The Hall–Kier alpha value is -6.84. The van der Waals surface area contributed by atoms with Crippen LogP contribution >= 0.6 is 0 Å². The molecule has 7 aromatic carbocycles. The maximum absolute atomic E-state index is 6.85. The first-order chi connectivity index (χ1) is 27.3. The predicted molar refractivity (Wildman–Crippen MR) is 224 cm³/mol. The summed E-state index contributed by atoms with van der Waals surface area (Å²) >= 11 is 0. The Kier molecular flexibility index (Phi) is 5.85. The van der Waals surface area contributed by atoms with E-state index in [2.05, 4.69) is 164 Å². The first-order valence-corrected chi connectivity index (χ1v) is 19.2. The fourth-order valence-corrected chi connectivity index (χ4v) is 10.2. The van der Waals surface area contributed by atoms with Gasteiger partial charge in [0.2, 0.25) is 0 Å². The Labute approximate surface area is 316 Å². The summed E-state index contributed by atoms with van der Waals surface area (Å²) in [7, 11) is 0. The highest BCUT2D eigenvalue weighted by molar-refractivity contribution is 6.13. The molecule has 3 aliphatic carbocycles. The minimum Gasteiger partial charge on any atom is -0.485 e. The molecule has 258 valence electrons. The van der Waals surface area contributed by atoms with Crippen LogP contribution in [-0.4, -0.2) is 6.10 Å². The lowest BCUT2D eigenvalue weighted by molar-refractivity contribution is 0.266. The van der Waals surface area contributed by atoms with Crippen LogP contribution < -0.4 is 4.74 Å². The number of para-hydroxylation sites is 5. The molecule has 2 aromatic heterocycles. The Morgan fingerprint density at radius 1 is 0.473 bits per heavy atom. The van der Waals surface area contributed by atoms with Gasteiger partial charge in [0.1, 0.15) is 34.2 Å². The molecule has 0 bridgehead atoms. The molecule has 0 radical (unpaired) electrons. The molecule has 4 aliphatic rings. The van der Waals surface area contributed by atoms with E-state index in [1.54, 1.807) is 0 Å². The lowest BCUT2D eigenvalue weighted by atomic mass is 9.68. The Bertz CT molecular complexity index is 3270. The van der Waals surface area contributed by atoms with Gasteiger partial charge in [0.15, 0.2) is 0 Å². The van der Waals surface area contributed by atoms with Gasteiger partial charge in [0.25, 0.3) is 0 Å². The number of hydrogen-bond acceptors (Lipinski definition) is 3. The van der Waals surface area contributed by atoms with Crippen molar-refractivity contribution in [1.82, 2.24) is 0 Å². The fourth-order valence-electron chi connectivity index (χ4n) is 10.2. The van der Waals surface area contributed by atoms with Crippen molar-refractivity contribution in [2.75, 3.05) is 0 Å². The number of ether oxygens (including phenoxy) is 1. The average Bonchev–Trinajstić information content (AvgIpc) is 3.94. The Balaban J connectivity index is 1.09. The fraction of sp³-hybridized carbons (Fsp3) is 0.0769. The summed E-state index contributed by atoms with van der Waals surface area (Å²) in [6, 6.07) is 45.9. The highest BCUT2D eigenvalue weighted by Gasteiger charge is 2.39. The van der Waals surface area contributed by atoms with E-state index in [4.69, 9.17) is 13.6 Å². The lowest BCUT2D eigenvalue weighted by Gasteiger charge is -2.35. The van der Waals surface area contributed by atoms with Gasteiger partial charge in [-0.3, -0.25) is 0 Å². The molecule has 13 rings (SSSR count). The first-order valence-electron chi connectivity index (χ1n) is 19.2. The molecule has 4 unspecified atom stereocenters. The highest BCUT2D eigenvalue weighted by atomic mass is 16.5. The summed E-state index contributed by atoms with van der Waals surface area (Å²) in [5, 5.41) is 7.10. The van der Waals surface area contributed by atoms with E-state index in [0.29, 0.717) is 0 Å². The van der Waals surface area contributed by atoms with Gasteiger partial charge in [-0.05, 0) is 56.8 Å². The van der Waals surface area contributed by atoms with Gasteiger partial charge in [-0.25, -0.2) is 0 Å². The van der Waals surface area contributed by atoms with Crippen molar-refractivity contribution in [3.63, 3.8) is 0 Å². The number of rotatable bonds is 3. The van der Waals surface area contributed by atoms with E-state index < -0.39 is 0 Å². The van der Waals surface area contributed by atoms with Gasteiger partial charge >= 0.3 is 0 Å². The Morgan fingerprint density at radius 3 is 1.96 bits per heavy atom. The second-order valence-corrected chi connectivity index (χ2v) is 15.3. The topological polar surface area (TPSA) is 35.5 Å². The van der Waals surface area contributed by atoms with Gasteiger partial charge in [-0.1, -0.05) is 152 Å². The largest absolute Gasteiger partial charge is 0.485 e. The van der Waals surface area contributed by atoms with Crippen molar-refractivity contribution in [2.45, 2.75) is 23.9 Å². The number of fused-ring (bicyclic) bond motifs is 9. The molecule has 0 spiro atoms. The van der Waals surface area contributed by atoms with Gasteiger partial charge in [0.05, 0.1) is 0 Å². The van der Waals surface area contributed by atoms with Gasteiger partial charge in [-0.15, -0.1) is 0 Å². The molecule has 3 nitrogen and oxygen atoms in total. The number of allylic oxidation sites excluding steroid dienone is 5. The molecular formula is C52H32O3. The van der Waals surface area contributed by atoms with Gasteiger partial charge in [-0.2, -0.15) is 0 Å². The molecular weight excluding hydrogens is 673 g/mol. The van der Waals surface area contributed by atoms with E-state index in [1.807, 2.05) is 6.07 Å². The van der Waals surface area contributed by atoms with Gasteiger partial charge < -0.3 is 13.6 Å². The standard InChI is InChI=1S/C52H32O3/c1-4-19-45-31(10-1)38-14-7-13-37(50(38)53-45)30-24-22-29-23-25-35-43(41-17-8-15-39-32-11-2-5-20-46(32)54-51(39)41)28-44(36-27-26-34(30)48(29)49(35)36)42-18-9-16-40-33-12-3-6-21-47(33)55-52(40)42/h1-28,32,36,43,46H. The van der Waals surface area contributed by atoms with Crippen LogP contribution in [0.5, 0.6) is 5.75 Å². The normalized spacial score (nSPS) is 20.4. The van der Waals surface area contributed by atoms with E-state index in [1.165, 1.54) is 49.7 Å². The zero-order chi connectivity index (χ0) is 35.8. The molecule has 0 saturated carbocycles. The average molecular weight is 705 g/mol. The van der Waals surface area contributed by atoms with Crippen LogP contribution in [0.1, 0.15) is 51.1 Å². The molecule has 0 fully saturated rings. The van der Waals surface area contributed by atoms with Crippen LogP contribution in [0.4, 0.5) is 0 Å². The molecule has 0 N–H and O–H groups in total. The van der Waals surface area contributed by atoms with E-state index in [-0.39, 0.29) is 23.9 Å². The zero-order valence-electron chi connectivity index (χ0n) is 29.7. The van der Waals surface area contributed by atoms with Crippen LogP contribution in [0.2, 0.25) is 0 Å². The van der Waals surface area contributed by atoms with Crippen molar-refractivity contribution in [2.24, 2.45) is 0 Å². The van der Waals surface area contributed by atoms with Crippen LogP contribution in [0.15, 0.2) is 173 Å². The molecule has 55 heavy (non-hydrogen) atoms. The van der Waals surface area contributed by atoms with Crippen molar-refractivity contribution >= 4 is 66.3 Å². The SMILES string of the molecule is C1=CC2Oc3c(C4C=C(c5cccc6c5oc5ccccc56)C5C=Cc6c(-c7cccc8c7oc7ccccc78)ccc7ccc4c5c67)cccc3C2C=C1. The third-order valence-corrected chi connectivity index (χ3v) is 12.6. The zero-order valence-corrected chi connectivity index (χ0v) is 29.7. The summed E-state index contributed by atoms with van der Waals surface area (Å²) in [5.41, 5.74) is 14.7. The first kappa shape index (κ1) is 29.6. The molecule has 3 heterocycles. The number of hydrogen-bond donors (Lipinski definition) is 0. The maximum Gasteiger partial charge on any atom is 0.143 e. The second-order valence-electron chi connectivity index (χ2n) is 15.3. The minimum atomic E-state index is -0.0323. The summed E-state index contributed by atoms with van der Waals surface area (Å²) in [4.78, 5) is 0. The summed E-state index contributed by atoms with van der Waals surface area (Å²) < 4.78 is 20.2.